The lowest BCUT2D eigenvalue weighted by Gasteiger charge is -2.34. The van der Waals surface area contributed by atoms with Gasteiger partial charge in [-0.2, -0.15) is 0 Å². The molecule has 1 aliphatic heterocycles. The molecule has 1 heterocycles. The van der Waals surface area contributed by atoms with Gasteiger partial charge in [-0.15, -0.1) is 0 Å². The minimum absolute atomic E-state index is 0.0509. The molecule has 0 bridgehead atoms. The molecule has 5 heteroatoms. The average molecular weight is 199 g/mol. The van der Waals surface area contributed by atoms with Gasteiger partial charge in [0, 0.05) is 19.6 Å². The van der Waals surface area contributed by atoms with Gasteiger partial charge in [-0.1, -0.05) is 6.92 Å². The Morgan fingerprint density at radius 1 is 1.64 bits per heavy atom. The van der Waals surface area contributed by atoms with Gasteiger partial charge in [-0.05, 0) is 13.3 Å². The quantitative estimate of drug-likeness (QED) is 0.653. The topological polar surface area (TPSA) is 61.4 Å². The first-order valence-corrected chi connectivity index (χ1v) is 5.02. The Morgan fingerprint density at radius 2 is 2.36 bits per heavy atom. The number of hydrogen-bond acceptors (Lipinski definition) is 2. The molecule has 1 atom stereocenters. The predicted molar refractivity (Wildman–Crippen MR) is 52.9 cm³/mol. The second kappa shape index (κ2) is 4.83. The first-order chi connectivity index (χ1) is 6.70. The first kappa shape index (κ1) is 10.8. The van der Waals surface area contributed by atoms with Gasteiger partial charge in [0.15, 0.2) is 0 Å². The van der Waals surface area contributed by atoms with E-state index in [0.29, 0.717) is 26.1 Å². The molecule has 1 saturated heterocycles. The normalized spacial score (nSPS) is 21.7. The van der Waals surface area contributed by atoms with Crippen LogP contribution in [0.15, 0.2) is 0 Å². The van der Waals surface area contributed by atoms with E-state index >= 15 is 0 Å². The fourth-order valence-corrected chi connectivity index (χ4v) is 1.62. The minimum Gasteiger partial charge on any atom is -0.353 e. The van der Waals surface area contributed by atoms with Crippen LogP contribution in [-0.4, -0.2) is 42.5 Å². The van der Waals surface area contributed by atoms with E-state index in [0.717, 1.165) is 0 Å². The molecule has 1 fully saturated rings. The van der Waals surface area contributed by atoms with Gasteiger partial charge >= 0.3 is 6.03 Å². The Labute approximate surface area is 83.8 Å². The van der Waals surface area contributed by atoms with E-state index in [-0.39, 0.29) is 18.0 Å². The number of rotatable bonds is 2. The molecular formula is C9H17N3O2. The van der Waals surface area contributed by atoms with Crippen LogP contribution < -0.4 is 10.6 Å². The van der Waals surface area contributed by atoms with E-state index in [2.05, 4.69) is 10.6 Å². The molecule has 14 heavy (non-hydrogen) atoms. The van der Waals surface area contributed by atoms with Crippen LogP contribution in [0.1, 0.15) is 20.3 Å². The van der Waals surface area contributed by atoms with Crippen molar-refractivity contribution in [3.05, 3.63) is 0 Å². The lowest BCUT2D eigenvalue weighted by atomic mass is 10.1. The summed E-state index contributed by atoms with van der Waals surface area (Å²) in [5, 5.41) is 5.46. The van der Waals surface area contributed by atoms with Crippen LogP contribution in [-0.2, 0) is 4.79 Å². The van der Waals surface area contributed by atoms with Crippen molar-refractivity contribution in [2.45, 2.75) is 26.3 Å². The zero-order valence-corrected chi connectivity index (χ0v) is 8.67. The number of urea groups is 1. The number of nitrogens with zero attached hydrogens (tertiary/aromatic N) is 1. The highest BCUT2D eigenvalue weighted by molar-refractivity contribution is 5.88. The Morgan fingerprint density at radius 3 is 2.93 bits per heavy atom. The molecule has 3 amide bonds. The molecule has 1 rings (SSSR count). The third-order valence-electron chi connectivity index (χ3n) is 2.31. The van der Waals surface area contributed by atoms with E-state index < -0.39 is 0 Å². The van der Waals surface area contributed by atoms with Crippen LogP contribution in [0, 0.1) is 0 Å². The largest absolute Gasteiger partial charge is 0.353 e. The second-order valence-electron chi connectivity index (χ2n) is 3.24. The van der Waals surface area contributed by atoms with Crippen LogP contribution in [0.3, 0.4) is 0 Å². The summed E-state index contributed by atoms with van der Waals surface area (Å²) >= 11 is 0. The Balaban J connectivity index is 2.64. The highest BCUT2D eigenvalue weighted by atomic mass is 16.2. The second-order valence-corrected chi connectivity index (χ2v) is 3.24. The van der Waals surface area contributed by atoms with Crippen LogP contribution in [0.4, 0.5) is 4.79 Å². The standard InChI is InChI=1S/C9H17N3O2/c1-3-7-8(13)11-5-6-12(7)9(14)10-4-2/h7H,3-6H2,1-2H3,(H,10,14)(H,11,13). The van der Waals surface area contributed by atoms with Gasteiger partial charge in [-0.3, -0.25) is 4.79 Å². The van der Waals surface area contributed by atoms with Crippen molar-refractivity contribution in [3.63, 3.8) is 0 Å². The zero-order chi connectivity index (χ0) is 10.6. The monoisotopic (exact) mass is 199 g/mol. The number of hydrogen-bond donors (Lipinski definition) is 2. The lowest BCUT2D eigenvalue weighted by Crippen LogP contribution is -2.59. The summed E-state index contributed by atoms with van der Waals surface area (Å²) in [7, 11) is 0. The molecule has 0 aliphatic carbocycles. The zero-order valence-electron chi connectivity index (χ0n) is 8.67. The van der Waals surface area contributed by atoms with Gasteiger partial charge in [-0.25, -0.2) is 4.79 Å². The Hall–Kier alpha value is -1.26. The van der Waals surface area contributed by atoms with Crippen molar-refractivity contribution in [2.75, 3.05) is 19.6 Å². The van der Waals surface area contributed by atoms with Crippen molar-refractivity contribution in [3.8, 4) is 0 Å². The fourth-order valence-electron chi connectivity index (χ4n) is 1.62. The number of piperazine rings is 1. The van der Waals surface area contributed by atoms with E-state index in [1.807, 2.05) is 13.8 Å². The maximum atomic E-state index is 11.5. The molecule has 2 N–H and O–H groups in total. The van der Waals surface area contributed by atoms with Gasteiger partial charge in [0.05, 0.1) is 0 Å². The van der Waals surface area contributed by atoms with Crippen molar-refractivity contribution in [1.82, 2.24) is 15.5 Å². The highest BCUT2D eigenvalue weighted by Crippen LogP contribution is 2.08. The summed E-state index contributed by atoms with van der Waals surface area (Å²) in [5.41, 5.74) is 0. The molecule has 0 aromatic carbocycles. The van der Waals surface area contributed by atoms with E-state index in [1.54, 1.807) is 4.90 Å². The van der Waals surface area contributed by atoms with E-state index in [4.69, 9.17) is 0 Å². The SMILES string of the molecule is CCNC(=O)N1CCNC(=O)C1CC. The Kier molecular flexibility index (Phi) is 3.73. The molecule has 0 aromatic heterocycles. The van der Waals surface area contributed by atoms with Crippen molar-refractivity contribution in [1.29, 1.82) is 0 Å². The van der Waals surface area contributed by atoms with Crippen molar-refractivity contribution in [2.24, 2.45) is 0 Å². The summed E-state index contributed by atoms with van der Waals surface area (Å²) in [6.45, 7) is 5.50. The minimum atomic E-state index is -0.310. The average Bonchev–Trinajstić information content (AvgIpc) is 2.17. The summed E-state index contributed by atoms with van der Waals surface area (Å²) in [5.74, 6) is -0.0509. The Bertz CT molecular complexity index is 230. The van der Waals surface area contributed by atoms with Crippen LogP contribution in [0.2, 0.25) is 0 Å². The number of carbonyl (C=O) groups is 2. The van der Waals surface area contributed by atoms with Crippen LogP contribution >= 0.6 is 0 Å². The maximum Gasteiger partial charge on any atom is 0.318 e. The number of nitrogens with one attached hydrogen (secondary N) is 2. The summed E-state index contributed by atoms with van der Waals surface area (Å²) in [6, 6.07) is -0.454. The summed E-state index contributed by atoms with van der Waals surface area (Å²) < 4.78 is 0. The summed E-state index contributed by atoms with van der Waals surface area (Å²) in [6.07, 6.45) is 0.656. The summed E-state index contributed by atoms with van der Waals surface area (Å²) in [4.78, 5) is 24.6. The van der Waals surface area contributed by atoms with E-state index in [1.165, 1.54) is 0 Å². The van der Waals surface area contributed by atoms with Gasteiger partial charge < -0.3 is 15.5 Å². The van der Waals surface area contributed by atoms with E-state index in [9.17, 15) is 9.59 Å². The molecule has 1 unspecified atom stereocenters. The molecule has 1 aliphatic rings. The fraction of sp³-hybridized carbons (Fsp3) is 0.778. The van der Waals surface area contributed by atoms with Gasteiger partial charge in [0.1, 0.15) is 6.04 Å². The molecule has 0 radical (unpaired) electrons. The smallest absolute Gasteiger partial charge is 0.318 e. The molecule has 0 aromatic rings. The van der Waals surface area contributed by atoms with Crippen molar-refractivity contribution >= 4 is 11.9 Å². The van der Waals surface area contributed by atoms with Gasteiger partial charge in [0.25, 0.3) is 0 Å². The van der Waals surface area contributed by atoms with Crippen LogP contribution in [0.25, 0.3) is 0 Å². The molecule has 0 spiro atoms. The lowest BCUT2D eigenvalue weighted by molar-refractivity contribution is -0.127. The van der Waals surface area contributed by atoms with Crippen LogP contribution in [0.5, 0.6) is 0 Å². The maximum absolute atomic E-state index is 11.5. The van der Waals surface area contributed by atoms with Crippen molar-refractivity contribution < 1.29 is 9.59 Å². The molecular weight excluding hydrogens is 182 g/mol. The third-order valence-corrected chi connectivity index (χ3v) is 2.31. The molecule has 0 saturated carbocycles. The van der Waals surface area contributed by atoms with Gasteiger partial charge in [0.2, 0.25) is 5.91 Å². The third kappa shape index (κ3) is 2.16. The predicted octanol–water partition coefficient (Wildman–Crippen LogP) is -0.0737. The number of carbonyl (C=O) groups excluding carboxylic acids is 2. The molecule has 80 valence electrons. The molecule has 5 nitrogen and oxygen atoms in total. The highest BCUT2D eigenvalue weighted by Gasteiger charge is 2.30. The number of amides is 3. The first-order valence-electron chi connectivity index (χ1n) is 5.02.